The van der Waals surface area contributed by atoms with Gasteiger partial charge in [-0.25, -0.2) is 4.79 Å². The molecule has 2 aromatic carbocycles. The van der Waals surface area contributed by atoms with Crippen LogP contribution in [0.25, 0.3) is 0 Å². The first-order chi connectivity index (χ1) is 11.6. The van der Waals surface area contributed by atoms with Crippen LogP contribution in [0.3, 0.4) is 0 Å². The number of anilines is 1. The summed E-state index contributed by atoms with van der Waals surface area (Å²) in [7, 11) is 1.54. The maximum atomic E-state index is 12.3. The zero-order valence-electron chi connectivity index (χ0n) is 13.1. The Morgan fingerprint density at radius 1 is 1.12 bits per heavy atom. The van der Waals surface area contributed by atoms with Gasteiger partial charge in [0, 0.05) is 23.1 Å². The minimum atomic E-state index is -0.481. The molecule has 1 aliphatic heterocycles. The molecule has 1 aliphatic rings. The topological polar surface area (TPSA) is 55.8 Å². The number of esters is 1. The van der Waals surface area contributed by atoms with Crippen LogP contribution < -0.4 is 14.4 Å². The van der Waals surface area contributed by atoms with Crippen molar-refractivity contribution >= 4 is 33.5 Å². The smallest absolute Gasteiger partial charge is 0.344 e. The number of hydrogen-bond acceptors (Lipinski definition) is 4. The zero-order chi connectivity index (χ0) is 17.1. The normalized spacial score (nSPS) is 13.9. The first-order valence-electron chi connectivity index (χ1n) is 7.54. The second kappa shape index (κ2) is 7.05. The van der Waals surface area contributed by atoms with Gasteiger partial charge in [-0.1, -0.05) is 0 Å². The zero-order valence-corrected chi connectivity index (χ0v) is 14.7. The molecule has 0 aliphatic carbocycles. The molecule has 1 amide bonds. The van der Waals surface area contributed by atoms with E-state index in [-0.39, 0.29) is 5.91 Å². The Balaban J connectivity index is 1.74. The molecule has 0 atom stereocenters. The summed E-state index contributed by atoms with van der Waals surface area (Å²) in [6, 6.07) is 12.0. The average molecular weight is 390 g/mol. The van der Waals surface area contributed by atoms with Gasteiger partial charge in [-0.3, -0.25) is 4.79 Å². The highest BCUT2D eigenvalue weighted by Crippen LogP contribution is 2.26. The molecule has 0 unspecified atom stereocenters. The standard InChI is InChI=1S/C18H16BrNO4/c1-23-14-8-9-16(19)15(11-14)18(22)24-13-6-4-12(5-7-13)20-10-2-3-17(20)21/h4-9,11H,2-3,10H2,1H3. The van der Waals surface area contributed by atoms with E-state index in [1.807, 2.05) is 0 Å². The molecule has 6 heteroatoms. The lowest BCUT2D eigenvalue weighted by molar-refractivity contribution is -0.117. The SMILES string of the molecule is COc1ccc(Br)c(C(=O)Oc2ccc(N3CCCC3=O)cc2)c1. The van der Waals surface area contributed by atoms with E-state index in [0.717, 1.165) is 18.7 Å². The van der Waals surface area contributed by atoms with Crippen molar-refractivity contribution in [1.82, 2.24) is 0 Å². The molecule has 5 nitrogen and oxygen atoms in total. The van der Waals surface area contributed by atoms with E-state index in [1.54, 1.807) is 47.4 Å². The molecule has 0 bridgehead atoms. The minimum absolute atomic E-state index is 0.125. The highest BCUT2D eigenvalue weighted by atomic mass is 79.9. The van der Waals surface area contributed by atoms with E-state index in [0.29, 0.717) is 28.0 Å². The Hall–Kier alpha value is -2.34. The molecule has 0 N–H and O–H groups in total. The van der Waals surface area contributed by atoms with Gasteiger partial charge in [-0.15, -0.1) is 0 Å². The molecular weight excluding hydrogens is 374 g/mol. The van der Waals surface area contributed by atoms with Crippen LogP contribution >= 0.6 is 15.9 Å². The van der Waals surface area contributed by atoms with Crippen LogP contribution in [0.1, 0.15) is 23.2 Å². The van der Waals surface area contributed by atoms with E-state index in [1.165, 1.54) is 7.11 Å². The predicted octanol–water partition coefficient (Wildman–Crippen LogP) is 3.80. The molecule has 24 heavy (non-hydrogen) atoms. The maximum Gasteiger partial charge on any atom is 0.344 e. The number of carbonyl (C=O) groups is 2. The lowest BCUT2D eigenvalue weighted by Gasteiger charge is -2.16. The number of nitrogens with zero attached hydrogens (tertiary/aromatic N) is 1. The van der Waals surface area contributed by atoms with Crippen LogP contribution in [0.2, 0.25) is 0 Å². The van der Waals surface area contributed by atoms with Crippen molar-refractivity contribution in [2.24, 2.45) is 0 Å². The summed E-state index contributed by atoms with van der Waals surface area (Å²) in [6.07, 6.45) is 1.46. The molecule has 1 heterocycles. The number of halogens is 1. The molecular formula is C18H16BrNO4. The molecule has 0 saturated carbocycles. The summed E-state index contributed by atoms with van der Waals surface area (Å²) < 4.78 is 11.2. The van der Waals surface area contributed by atoms with Crippen molar-refractivity contribution in [2.75, 3.05) is 18.6 Å². The minimum Gasteiger partial charge on any atom is -0.497 e. The predicted molar refractivity (Wildman–Crippen MR) is 93.7 cm³/mol. The van der Waals surface area contributed by atoms with Gasteiger partial charge >= 0.3 is 5.97 Å². The Morgan fingerprint density at radius 2 is 1.83 bits per heavy atom. The average Bonchev–Trinajstić information content (AvgIpc) is 3.02. The lowest BCUT2D eigenvalue weighted by atomic mass is 10.2. The fourth-order valence-corrected chi connectivity index (χ4v) is 2.97. The summed E-state index contributed by atoms with van der Waals surface area (Å²) in [5.74, 6) is 0.643. The Bertz CT molecular complexity index is 773. The van der Waals surface area contributed by atoms with Gasteiger partial charge in [0.05, 0.1) is 12.7 Å². The van der Waals surface area contributed by atoms with Gasteiger partial charge in [0.2, 0.25) is 5.91 Å². The quantitative estimate of drug-likeness (QED) is 0.589. The number of amides is 1. The fraction of sp³-hybridized carbons (Fsp3) is 0.222. The van der Waals surface area contributed by atoms with Crippen molar-refractivity contribution in [2.45, 2.75) is 12.8 Å². The summed E-state index contributed by atoms with van der Waals surface area (Å²) in [5.41, 5.74) is 1.20. The monoisotopic (exact) mass is 389 g/mol. The summed E-state index contributed by atoms with van der Waals surface area (Å²) in [6.45, 7) is 0.731. The number of hydrogen-bond donors (Lipinski definition) is 0. The van der Waals surface area contributed by atoms with E-state index in [2.05, 4.69) is 15.9 Å². The molecule has 2 aromatic rings. The van der Waals surface area contributed by atoms with Crippen molar-refractivity contribution in [3.05, 3.63) is 52.5 Å². The molecule has 0 aromatic heterocycles. The number of rotatable bonds is 4. The number of carbonyl (C=O) groups excluding carboxylic acids is 2. The molecule has 1 saturated heterocycles. The van der Waals surface area contributed by atoms with Gasteiger partial charge in [0.15, 0.2) is 0 Å². The molecule has 0 radical (unpaired) electrons. The van der Waals surface area contributed by atoms with Crippen LogP contribution in [-0.2, 0) is 4.79 Å². The highest BCUT2D eigenvalue weighted by molar-refractivity contribution is 9.10. The second-order valence-corrected chi connectivity index (χ2v) is 6.23. The Morgan fingerprint density at radius 3 is 2.46 bits per heavy atom. The third kappa shape index (κ3) is 3.43. The van der Waals surface area contributed by atoms with Gasteiger partial charge in [-0.05, 0) is 64.8 Å². The van der Waals surface area contributed by atoms with Crippen molar-refractivity contribution in [3.63, 3.8) is 0 Å². The van der Waals surface area contributed by atoms with Gasteiger partial charge < -0.3 is 14.4 Å². The molecule has 0 spiro atoms. The second-order valence-electron chi connectivity index (χ2n) is 5.38. The molecule has 3 rings (SSSR count). The number of ether oxygens (including phenoxy) is 2. The third-order valence-corrected chi connectivity index (χ3v) is 4.52. The van der Waals surface area contributed by atoms with Crippen LogP contribution in [0, 0.1) is 0 Å². The lowest BCUT2D eigenvalue weighted by Crippen LogP contribution is -2.23. The largest absolute Gasteiger partial charge is 0.497 e. The van der Waals surface area contributed by atoms with Crippen molar-refractivity contribution in [3.8, 4) is 11.5 Å². The summed E-state index contributed by atoms with van der Waals surface area (Å²) >= 11 is 3.34. The molecule has 1 fully saturated rings. The summed E-state index contributed by atoms with van der Waals surface area (Å²) in [5, 5.41) is 0. The van der Waals surface area contributed by atoms with E-state index in [4.69, 9.17) is 9.47 Å². The van der Waals surface area contributed by atoms with Crippen LogP contribution in [0.4, 0.5) is 5.69 Å². The Kier molecular flexibility index (Phi) is 4.85. The van der Waals surface area contributed by atoms with Gasteiger partial charge in [0.25, 0.3) is 0 Å². The third-order valence-electron chi connectivity index (χ3n) is 3.83. The molecule has 124 valence electrons. The van der Waals surface area contributed by atoms with Gasteiger partial charge in [0.1, 0.15) is 11.5 Å². The van der Waals surface area contributed by atoms with E-state index >= 15 is 0 Å². The van der Waals surface area contributed by atoms with Crippen LogP contribution in [0.15, 0.2) is 46.9 Å². The van der Waals surface area contributed by atoms with Crippen molar-refractivity contribution < 1.29 is 19.1 Å². The van der Waals surface area contributed by atoms with Crippen LogP contribution in [0.5, 0.6) is 11.5 Å². The first-order valence-corrected chi connectivity index (χ1v) is 8.34. The van der Waals surface area contributed by atoms with E-state index < -0.39 is 5.97 Å². The van der Waals surface area contributed by atoms with E-state index in [9.17, 15) is 9.59 Å². The number of methoxy groups -OCH3 is 1. The van der Waals surface area contributed by atoms with Gasteiger partial charge in [-0.2, -0.15) is 0 Å². The highest BCUT2D eigenvalue weighted by Gasteiger charge is 2.21. The number of benzene rings is 2. The van der Waals surface area contributed by atoms with Crippen molar-refractivity contribution in [1.29, 1.82) is 0 Å². The Labute approximate surface area is 148 Å². The fourth-order valence-electron chi connectivity index (χ4n) is 2.57. The van der Waals surface area contributed by atoms with Crippen LogP contribution in [-0.4, -0.2) is 25.5 Å². The summed E-state index contributed by atoms with van der Waals surface area (Å²) in [4.78, 5) is 25.8. The maximum absolute atomic E-state index is 12.3. The first kappa shape index (κ1) is 16.5.